The highest BCUT2D eigenvalue weighted by molar-refractivity contribution is 6.00. The second-order valence-electron chi connectivity index (χ2n) is 5.43. The molecule has 1 aliphatic heterocycles. The number of hydrogen-bond acceptors (Lipinski definition) is 5. The molecule has 1 unspecified atom stereocenters. The lowest BCUT2D eigenvalue weighted by Crippen LogP contribution is -2.47. The van der Waals surface area contributed by atoms with Crippen molar-refractivity contribution in [1.29, 1.82) is 0 Å². The van der Waals surface area contributed by atoms with Gasteiger partial charge in [0.2, 0.25) is 5.91 Å². The van der Waals surface area contributed by atoms with Gasteiger partial charge in [0, 0.05) is 27.2 Å². The first kappa shape index (κ1) is 18.2. The lowest BCUT2D eigenvalue weighted by atomic mass is 10.1. The van der Waals surface area contributed by atoms with E-state index in [1.165, 1.54) is 14.2 Å². The van der Waals surface area contributed by atoms with E-state index in [9.17, 15) is 9.59 Å². The molecule has 2 rings (SSSR count). The van der Waals surface area contributed by atoms with Gasteiger partial charge in [0.05, 0.1) is 12.2 Å². The Balaban J connectivity index is 1.98. The number of amides is 2. The van der Waals surface area contributed by atoms with Crippen LogP contribution >= 0.6 is 0 Å². The highest BCUT2D eigenvalue weighted by atomic mass is 16.7. The fourth-order valence-corrected chi connectivity index (χ4v) is 2.53. The van der Waals surface area contributed by atoms with Crippen LogP contribution < -0.4 is 15.0 Å². The molecule has 7 nitrogen and oxygen atoms in total. The molecule has 0 aliphatic carbocycles. The standard InChI is InChI=1S/C17H24N2O5/c1-4-13-17(21)19(12-7-5-6-8-14(12)24-13)10-9-15(20)18-11-16(22-2)23-3/h5-8,13,16H,4,9-11H2,1-3H3,(H,18,20). The number of carbonyl (C=O) groups is 2. The summed E-state index contributed by atoms with van der Waals surface area (Å²) >= 11 is 0. The predicted molar refractivity (Wildman–Crippen MR) is 88.9 cm³/mol. The minimum absolute atomic E-state index is 0.115. The largest absolute Gasteiger partial charge is 0.478 e. The van der Waals surface area contributed by atoms with Crippen LogP contribution in [-0.2, 0) is 19.1 Å². The molecule has 24 heavy (non-hydrogen) atoms. The smallest absolute Gasteiger partial charge is 0.268 e. The number of para-hydroxylation sites is 2. The van der Waals surface area contributed by atoms with Gasteiger partial charge in [-0.1, -0.05) is 19.1 Å². The maximum Gasteiger partial charge on any atom is 0.268 e. The molecule has 0 spiro atoms. The van der Waals surface area contributed by atoms with Crippen LogP contribution in [0.25, 0.3) is 0 Å². The van der Waals surface area contributed by atoms with Gasteiger partial charge in [-0.25, -0.2) is 0 Å². The molecule has 132 valence electrons. The Bertz CT molecular complexity index is 574. The molecule has 7 heteroatoms. The minimum Gasteiger partial charge on any atom is -0.478 e. The van der Waals surface area contributed by atoms with Crippen LogP contribution in [0, 0.1) is 0 Å². The van der Waals surface area contributed by atoms with Gasteiger partial charge in [-0.2, -0.15) is 0 Å². The first-order valence-electron chi connectivity index (χ1n) is 8.00. The van der Waals surface area contributed by atoms with E-state index in [1.807, 2.05) is 31.2 Å². The van der Waals surface area contributed by atoms with Crippen molar-refractivity contribution in [2.24, 2.45) is 0 Å². The van der Waals surface area contributed by atoms with Gasteiger partial charge in [0.15, 0.2) is 12.4 Å². The third-order valence-corrected chi connectivity index (χ3v) is 3.89. The van der Waals surface area contributed by atoms with E-state index >= 15 is 0 Å². The highest BCUT2D eigenvalue weighted by Gasteiger charge is 2.33. The summed E-state index contributed by atoms with van der Waals surface area (Å²) in [5.74, 6) is 0.387. The Morgan fingerprint density at radius 2 is 2.04 bits per heavy atom. The molecule has 1 aromatic rings. The Kier molecular flexibility index (Phi) is 6.57. The molecule has 1 heterocycles. The second-order valence-corrected chi connectivity index (χ2v) is 5.43. The molecular formula is C17H24N2O5. The number of methoxy groups -OCH3 is 2. The van der Waals surface area contributed by atoms with Crippen molar-refractivity contribution in [3.05, 3.63) is 24.3 Å². The molecule has 0 fully saturated rings. The summed E-state index contributed by atoms with van der Waals surface area (Å²) in [5.41, 5.74) is 0.701. The minimum atomic E-state index is -0.505. The maximum absolute atomic E-state index is 12.5. The molecular weight excluding hydrogens is 312 g/mol. The van der Waals surface area contributed by atoms with Gasteiger partial charge in [0.1, 0.15) is 5.75 Å². The molecule has 2 amide bonds. The van der Waals surface area contributed by atoms with Crippen LogP contribution in [0.2, 0.25) is 0 Å². The lowest BCUT2D eigenvalue weighted by molar-refractivity contribution is -0.128. The molecule has 0 bridgehead atoms. The maximum atomic E-state index is 12.5. The third-order valence-electron chi connectivity index (χ3n) is 3.89. The van der Waals surface area contributed by atoms with Gasteiger partial charge in [0.25, 0.3) is 5.91 Å². The van der Waals surface area contributed by atoms with E-state index in [0.717, 1.165) is 0 Å². The Morgan fingerprint density at radius 3 is 2.71 bits per heavy atom. The SMILES string of the molecule is CCC1Oc2ccccc2N(CCC(=O)NCC(OC)OC)C1=O. The van der Waals surface area contributed by atoms with Crippen molar-refractivity contribution in [3.8, 4) is 5.75 Å². The van der Waals surface area contributed by atoms with Crippen LogP contribution in [0.1, 0.15) is 19.8 Å². The van der Waals surface area contributed by atoms with E-state index in [-0.39, 0.29) is 24.8 Å². The van der Waals surface area contributed by atoms with Crippen molar-refractivity contribution in [3.63, 3.8) is 0 Å². The summed E-state index contributed by atoms with van der Waals surface area (Å²) in [7, 11) is 3.02. The molecule has 1 atom stereocenters. The van der Waals surface area contributed by atoms with Gasteiger partial charge in [-0.3, -0.25) is 9.59 Å². The zero-order valence-electron chi connectivity index (χ0n) is 14.3. The van der Waals surface area contributed by atoms with E-state index < -0.39 is 12.4 Å². The van der Waals surface area contributed by atoms with Crippen molar-refractivity contribution >= 4 is 17.5 Å². The van der Waals surface area contributed by atoms with E-state index in [4.69, 9.17) is 14.2 Å². The normalized spacial score (nSPS) is 16.8. The first-order chi connectivity index (χ1) is 11.6. The fourth-order valence-electron chi connectivity index (χ4n) is 2.53. The van der Waals surface area contributed by atoms with Crippen molar-refractivity contribution < 1.29 is 23.8 Å². The zero-order chi connectivity index (χ0) is 17.5. The number of fused-ring (bicyclic) bond motifs is 1. The molecule has 0 radical (unpaired) electrons. The summed E-state index contributed by atoms with van der Waals surface area (Å²) in [4.78, 5) is 26.1. The molecule has 1 N–H and O–H groups in total. The van der Waals surface area contributed by atoms with Crippen LogP contribution in [0.3, 0.4) is 0 Å². The molecule has 1 aromatic carbocycles. The fraction of sp³-hybridized carbons (Fsp3) is 0.529. The Hall–Kier alpha value is -2.12. The van der Waals surface area contributed by atoms with Crippen molar-refractivity contribution in [1.82, 2.24) is 5.32 Å². The van der Waals surface area contributed by atoms with Gasteiger partial charge < -0.3 is 24.4 Å². The number of nitrogens with zero attached hydrogens (tertiary/aromatic N) is 1. The lowest BCUT2D eigenvalue weighted by Gasteiger charge is -2.34. The van der Waals surface area contributed by atoms with Crippen LogP contribution in [0.4, 0.5) is 5.69 Å². The summed E-state index contributed by atoms with van der Waals surface area (Å²) in [6.45, 7) is 2.46. The van der Waals surface area contributed by atoms with Crippen LogP contribution in [0.5, 0.6) is 5.75 Å². The molecule has 0 saturated carbocycles. The van der Waals surface area contributed by atoms with Gasteiger partial charge in [-0.15, -0.1) is 0 Å². The molecule has 1 aliphatic rings. The van der Waals surface area contributed by atoms with Crippen LogP contribution in [-0.4, -0.2) is 51.5 Å². The highest BCUT2D eigenvalue weighted by Crippen LogP contribution is 2.34. The van der Waals surface area contributed by atoms with Crippen molar-refractivity contribution in [2.75, 3.05) is 32.2 Å². The second kappa shape index (κ2) is 8.65. The Labute approximate surface area is 141 Å². The first-order valence-corrected chi connectivity index (χ1v) is 8.00. The average Bonchev–Trinajstić information content (AvgIpc) is 2.61. The number of ether oxygens (including phenoxy) is 3. The number of rotatable bonds is 8. The number of benzene rings is 1. The average molecular weight is 336 g/mol. The number of nitrogens with one attached hydrogen (secondary N) is 1. The number of anilines is 1. The summed E-state index contributed by atoms with van der Waals surface area (Å²) in [6.07, 6.45) is -0.214. The van der Waals surface area contributed by atoms with E-state index in [1.54, 1.807) is 4.90 Å². The molecule has 0 saturated heterocycles. The molecule has 0 aromatic heterocycles. The number of carbonyl (C=O) groups excluding carboxylic acids is 2. The van der Waals surface area contributed by atoms with E-state index in [0.29, 0.717) is 24.4 Å². The van der Waals surface area contributed by atoms with Crippen molar-refractivity contribution in [2.45, 2.75) is 32.2 Å². The zero-order valence-corrected chi connectivity index (χ0v) is 14.3. The monoisotopic (exact) mass is 336 g/mol. The van der Waals surface area contributed by atoms with Gasteiger partial charge in [-0.05, 0) is 18.6 Å². The summed E-state index contributed by atoms with van der Waals surface area (Å²) < 4.78 is 15.8. The Morgan fingerprint density at radius 1 is 1.33 bits per heavy atom. The number of hydrogen-bond donors (Lipinski definition) is 1. The summed E-state index contributed by atoms with van der Waals surface area (Å²) in [5, 5.41) is 2.73. The van der Waals surface area contributed by atoms with Gasteiger partial charge >= 0.3 is 0 Å². The van der Waals surface area contributed by atoms with E-state index in [2.05, 4.69) is 5.32 Å². The van der Waals surface area contributed by atoms with Crippen LogP contribution in [0.15, 0.2) is 24.3 Å². The quantitative estimate of drug-likeness (QED) is 0.725. The summed E-state index contributed by atoms with van der Waals surface area (Å²) in [6, 6.07) is 7.36. The topological polar surface area (TPSA) is 77.1 Å². The third kappa shape index (κ3) is 4.24. The predicted octanol–water partition coefficient (Wildman–Crippen LogP) is 1.32.